The number of halogens is 7. The molecule has 116 valence electrons. The van der Waals surface area contributed by atoms with Gasteiger partial charge in [-0.3, -0.25) is 4.40 Å². The zero-order chi connectivity index (χ0) is 16.2. The summed E-state index contributed by atoms with van der Waals surface area (Å²) in [5.41, 5.74) is 2.97. The minimum absolute atomic E-state index is 0.138. The number of aromatic nitrogens is 2. The maximum atomic E-state index is 12.7. The van der Waals surface area contributed by atoms with Crippen LogP contribution in [0.2, 0.25) is 5.02 Å². The molecular formula is C11H8ClF6N3. The highest BCUT2D eigenvalue weighted by molar-refractivity contribution is 6.33. The van der Waals surface area contributed by atoms with Crippen LogP contribution >= 0.6 is 11.6 Å². The summed E-state index contributed by atoms with van der Waals surface area (Å²) in [6, 6.07) is -1.86. The fourth-order valence-corrected chi connectivity index (χ4v) is 2.17. The van der Waals surface area contributed by atoms with Gasteiger partial charge in [-0.1, -0.05) is 11.6 Å². The highest BCUT2D eigenvalue weighted by Gasteiger charge is 2.41. The Morgan fingerprint density at radius 2 is 1.81 bits per heavy atom. The number of hydrogen-bond acceptors (Lipinski definition) is 2. The molecule has 0 spiro atoms. The first kappa shape index (κ1) is 15.9. The van der Waals surface area contributed by atoms with E-state index < -0.39 is 34.7 Å². The van der Waals surface area contributed by atoms with E-state index in [9.17, 15) is 26.3 Å². The summed E-state index contributed by atoms with van der Waals surface area (Å²) >= 11 is 5.67. The molecule has 0 saturated carbocycles. The van der Waals surface area contributed by atoms with Crippen molar-refractivity contribution in [3.8, 4) is 0 Å². The molecule has 0 aromatic carbocycles. The van der Waals surface area contributed by atoms with Crippen LogP contribution in [0.3, 0.4) is 0 Å². The van der Waals surface area contributed by atoms with E-state index in [4.69, 9.17) is 17.3 Å². The van der Waals surface area contributed by atoms with Crippen molar-refractivity contribution in [2.75, 3.05) is 0 Å². The smallest absolute Gasteiger partial charge is 0.315 e. The third kappa shape index (κ3) is 2.80. The third-order valence-corrected chi connectivity index (χ3v) is 3.15. The normalized spacial score (nSPS) is 14.7. The Hall–Kier alpha value is -1.48. The quantitative estimate of drug-likeness (QED) is 0.806. The minimum Gasteiger partial charge on any atom is -0.315 e. The van der Waals surface area contributed by atoms with Gasteiger partial charge >= 0.3 is 12.4 Å². The molecule has 2 rings (SSSR count). The van der Waals surface area contributed by atoms with Crippen molar-refractivity contribution in [3.05, 3.63) is 34.2 Å². The molecule has 0 fully saturated rings. The number of rotatable bonds is 1. The summed E-state index contributed by atoms with van der Waals surface area (Å²) in [4.78, 5) is 3.75. The van der Waals surface area contributed by atoms with E-state index in [0.717, 1.165) is 0 Å². The highest BCUT2D eigenvalue weighted by atomic mass is 35.5. The molecular weight excluding hydrogens is 324 g/mol. The SMILES string of the molecule is Cc1nc2c(Cl)cc(C(F)(F)F)cn2c1C(N)C(F)(F)F. The van der Waals surface area contributed by atoms with Gasteiger partial charge in [0.25, 0.3) is 0 Å². The van der Waals surface area contributed by atoms with Crippen LogP contribution in [0.15, 0.2) is 12.3 Å². The van der Waals surface area contributed by atoms with Crippen molar-refractivity contribution in [2.45, 2.75) is 25.3 Å². The molecule has 0 aliphatic carbocycles. The lowest BCUT2D eigenvalue weighted by molar-refractivity contribution is -0.150. The van der Waals surface area contributed by atoms with E-state index in [1.54, 1.807) is 0 Å². The molecule has 10 heteroatoms. The largest absolute Gasteiger partial charge is 0.417 e. The summed E-state index contributed by atoms with van der Waals surface area (Å²) in [6.45, 7) is 1.22. The molecule has 0 bridgehead atoms. The standard InChI is InChI=1S/C11H8ClF6N3/c1-4-7(8(19)11(16,17)18)21-3-5(10(13,14)15)2-6(12)9(21)20-4/h2-3,8H,19H2,1H3. The summed E-state index contributed by atoms with van der Waals surface area (Å²) in [7, 11) is 0. The van der Waals surface area contributed by atoms with Gasteiger partial charge in [-0.05, 0) is 13.0 Å². The van der Waals surface area contributed by atoms with Gasteiger partial charge in [0.15, 0.2) is 5.65 Å². The van der Waals surface area contributed by atoms with Gasteiger partial charge in [0, 0.05) is 6.20 Å². The second-order valence-electron chi connectivity index (χ2n) is 4.37. The first-order valence-corrected chi connectivity index (χ1v) is 5.88. The molecule has 2 aromatic heterocycles. The number of hydrogen-bond donors (Lipinski definition) is 1. The van der Waals surface area contributed by atoms with Gasteiger partial charge in [-0.2, -0.15) is 26.3 Å². The zero-order valence-electron chi connectivity index (χ0n) is 10.3. The topological polar surface area (TPSA) is 43.3 Å². The second kappa shape index (κ2) is 4.77. The van der Waals surface area contributed by atoms with E-state index in [1.807, 2.05) is 0 Å². The van der Waals surface area contributed by atoms with Crippen molar-refractivity contribution >= 4 is 17.2 Å². The first-order chi connectivity index (χ1) is 9.43. The van der Waals surface area contributed by atoms with Gasteiger partial charge in [-0.15, -0.1) is 0 Å². The molecule has 0 aliphatic heterocycles. The molecule has 0 aliphatic rings. The Bertz CT molecular complexity index is 688. The lowest BCUT2D eigenvalue weighted by Gasteiger charge is -2.17. The Kier molecular flexibility index (Phi) is 3.61. The van der Waals surface area contributed by atoms with Gasteiger partial charge in [0.1, 0.15) is 6.04 Å². The number of nitrogens with zero attached hydrogens (tertiary/aromatic N) is 2. The molecule has 1 atom stereocenters. The molecule has 2 N–H and O–H groups in total. The average Bonchev–Trinajstić information content (AvgIpc) is 2.62. The summed E-state index contributed by atoms with van der Waals surface area (Å²) in [5, 5.41) is -0.409. The summed E-state index contributed by atoms with van der Waals surface area (Å²) in [5.74, 6) is 0. The zero-order valence-corrected chi connectivity index (χ0v) is 11.1. The van der Waals surface area contributed by atoms with Crippen molar-refractivity contribution in [2.24, 2.45) is 5.73 Å². The Balaban J connectivity index is 2.78. The molecule has 0 amide bonds. The molecule has 0 radical (unpaired) electrons. The number of alkyl halides is 6. The summed E-state index contributed by atoms with van der Waals surface area (Å²) in [6.07, 6.45) is -9.07. The average molecular weight is 332 g/mol. The van der Waals surface area contributed by atoms with E-state index in [-0.39, 0.29) is 11.3 Å². The van der Waals surface area contributed by atoms with Gasteiger partial charge in [0.05, 0.1) is 22.0 Å². The molecule has 0 saturated heterocycles. The number of imidazole rings is 1. The van der Waals surface area contributed by atoms with Crippen LogP contribution in [0, 0.1) is 6.92 Å². The van der Waals surface area contributed by atoms with Crippen molar-refractivity contribution < 1.29 is 26.3 Å². The first-order valence-electron chi connectivity index (χ1n) is 5.50. The Labute approximate surface area is 119 Å². The molecule has 2 aromatic rings. The van der Waals surface area contributed by atoms with Gasteiger partial charge in [0.2, 0.25) is 0 Å². The highest BCUT2D eigenvalue weighted by Crippen LogP contribution is 2.36. The number of pyridine rings is 1. The van der Waals surface area contributed by atoms with Crippen molar-refractivity contribution in [1.29, 1.82) is 0 Å². The second-order valence-corrected chi connectivity index (χ2v) is 4.78. The third-order valence-electron chi connectivity index (χ3n) is 2.87. The molecule has 1 unspecified atom stereocenters. The molecule has 21 heavy (non-hydrogen) atoms. The van der Waals surface area contributed by atoms with Crippen LogP contribution < -0.4 is 5.73 Å². The van der Waals surface area contributed by atoms with Crippen LogP contribution in [-0.2, 0) is 6.18 Å². The molecule has 3 nitrogen and oxygen atoms in total. The van der Waals surface area contributed by atoms with Crippen LogP contribution in [0.5, 0.6) is 0 Å². The maximum Gasteiger partial charge on any atom is 0.417 e. The fourth-order valence-electron chi connectivity index (χ4n) is 1.92. The maximum absolute atomic E-state index is 12.7. The minimum atomic E-state index is -4.82. The molecule has 2 heterocycles. The number of fused-ring (bicyclic) bond motifs is 1. The van der Waals surface area contributed by atoms with Gasteiger partial charge < -0.3 is 5.73 Å². The van der Waals surface area contributed by atoms with E-state index in [1.165, 1.54) is 6.92 Å². The predicted molar refractivity (Wildman–Crippen MR) is 62.9 cm³/mol. The van der Waals surface area contributed by atoms with Crippen LogP contribution in [0.1, 0.15) is 23.0 Å². The van der Waals surface area contributed by atoms with E-state index in [0.29, 0.717) is 16.7 Å². The van der Waals surface area contributed by atoms with Crippen LogP contribution in [0.25, 0.3) is 5.65 Å². The summed E-state index contributed by atoms with van der Waals surface area (Å²) < 4.78 is 77.0. The predicted octanol–water partition coefficient (Wildman–Crippen LogP) is 3.88. The van der Waals surface area contributed by atoms with Gasteiger partial charge in [-0.25, -0.2) is 4.98 Å². The lowest BCUT2D eigenvalue weighted by Crippen LogP contribution is -2.30. The fraction of sp³-hybridized carbons (Fsp3) is 0.364. The van der Waals surface area contributed by atoms with E-state index >= 15 is 0 Å². The number of aryl methyl sites for hydroxylation is 1. The Morgan fingerprint density at radius 3 is 2.29 bits per heavy atom. The monoisotopic (exact) mass is 331 g/mol. The van der Waals surface area contributed by atoms with Crippen LogP contribution in [-0.4, -0.2) is 15.6 Å². The number of nitrogens with two attached hydrogens (primary N) is 1. The van der Waals surface area contributed by atoms with Crippen molar-refractivity contribution in [3.63, 3.8) is 0 Å². The lowest BCUT2D eigenvalue weighted by atomic mass is 10.1. The van der Waals surface area contributed by atoms with Crippen molar-refractivity contribution in [1.82, 2.24) is 9.38 Å². The van der Waals surface area contributed by atoms with E-state index in [2.05, 4.69) is 4.98 Å². The van der Waals surface area contributed by atoms with Crippen LogP contribution in [0.4, 0.5) is 26.3 Å². The Morgan fingerprint density at radius 1 is 1.24 bits per heavy atom.